The first-order chi connectivity index (χ1) is 5.83. The highest BCUT2D eigenvalue weighted by Gasteiger charge is 2.12. The van der Waals surface area contributed by atoms with Gasteiger partial charge >= 0.3 is 5.97 Å². The van der Waals surface area contributed by atoms with Gasteiger partial charge in [0, 0.05) is 13.6 Å². The number of ether oxygens (including phenoxy) is 1. The molecule has 0 aromatic rings. The normalized spacial score (nSPS) is 11.1. The van der Waals surface area contributed by atoms with E-state index in [1.807, 2.05) is 0 Å². The number of carbonyl (C=O) groups is 1. The van der Waals surface area contributed by atoms with E-state index in [1.54, 1.807) is 6.92 Å². The highest BCUT2D eigenvalue weighted by molar-refractivity contribution is 6.76. The summed E-state index contributed by atoms with van der Waals surface area (Å²) in [7, 11) is -0.970. The summed E-state index contributed by atoms with van der Waals surface area (Å²) >= 11 is 0. The maximum absolute atomic E-state index is 11.0. The number of hydrogen-bond acceptors (Lipinski definition) is 2. The molecule has 0 aliphatic rings. The van der Waals surface area contributed by atoms with Crippen LogP contribution in [0.2, 0.25) is 25.7 Å². The van der Waals surface area contributed by atoms with Crippen molar-refractivity contribution in [2.75, 3.05) is 6.61 Å². The van der Waals surface area contributed by atoms with Crippen molar-refractivity contribution < 1.29 is 9.53 Å². The van der Waals surface area contributed by atoms with Gasteiger partial charge in [-0.1, -0.05) is 32.3 Å². The van der Waals surface area contributed by atoms with E-state index in [-0.39, 0.29) is 5.97 Å². The molecule has 0 heterocycles. The summed E-state index contributed by atoms with van der Waals surface area (Å²) in [6.07, 6.45) is 0.981. The molecule has 0 aromatic carbocycles. The van der Waals surface area contributed by atoms with Crippen LogP contribution in [0.4, 0.5) is 0 Å². The van der Waals surface area contributed by atoms with Crippen LogP contribution in [0.15, 0.2) is 12.2 Å². The molecule has 0 saturated heterocycles. The summed E-state index contributed by atoms with van der Waals surface area (Å²) in [6, 6.07) is 1.20. The van der Waals surface area contributed by atoms with E-state index < -0.39 is 8.07 Å². The molecule has 76 valence electrons. The summed E-state index contributed by atoms with van der Waals surface area (Å²) in [5, 5.41) is 0. The van der Waals surface area contributed by atoms with E-state index in [9.17, 15) is 4.79 Å². The molecule has 0 radical (unpaired) electrons. The molecule has 0 N–H and O–H groups in total. The Morgan fingerprint density at radius 1 is 1.38 bits per heavy atom. The minimum Gasteiger partial charge on any atom is -0.462 e. The van der Waals surface area contributed by atoms with Crippen LogP contribution in [-0.2, 0) is 9.53 Å². The van der Waals surface area contributed by atoms with Gasteiger partial charge in [0.05, 0.1) is 6.61 Å². The van der Waals surface area contributed by atoms with Crippen molar-refractivity contribution in [1.29, 1.82) is 0 Å². The molecule has 0 spiro atoms. The first kappa shape index (κ1) is 12.4. The van der Waals surface area contributed by atoms with Crippen molar-refractivity contribution in [3.63, 3.8) is 0 Å². The largest absolute Gasteiger partial charge is 0.462 e. The Hall–Kier alpha value is -0.573. The fraction of sp³-hybridized carbons (Fsp3) is 0.700. The first-order valence-electron chi connectivity index (χ1n) is 4.65. The van der Waals surface area contributed by atoms with Gasteiger partial charge in [-0.15, -0.1) is 0 Å². The minimum atomic E-state index is -0.970. The molecule has 0 fully saturated rings. The summed E-state index contributed by atoms with van der Waals surface area (Å²) in [6.45, 7) is 12.7. The second kappa shape index (κ2) is 5.22. The van der Waals surface area contributed by atoms with E-state index in [1.165, 1.54) is 6.04 Å². The van der Waals surface area contributed by atoms with Crippen LogP contribution in [0.1, 0.15) is 13.3 Å². The van der Waals surface area contributed by atoms with Crippen molar-refractivity contribution in [2.24, 2.45) is 0 Å². The zero-order valence-corrected chi connectivity index (χ0v) is 10.1. The molecule has 0 aromatic heterocycles. The van der Waals surface area contributed by atoms with Gasteiger partial charge < -0.3 is 4.74 Å². The van der Waals surface area contributed by atoms with Crippen LogP contribution in [-0.4, -0.2) is 20.7 Å². The quantitative estimate of drug-likeness (QED) is 0.295. The predicted octanol–water partition coefficient (Wildman–Crippen LogP) is 2.83. The summed E-state index contributed by atoms with van der Waals surface area (Å²) in [5.41, 5.74) is 0.480. The molecule has 0 rings (SSSR count). The van der Waals surface area contributed by atoms with Crippen LogP contribution < -0.4 is 0 Å². The molecular formula is C10H20O2Si. The lowest BCUT2D eigenvalue weighted by Gasteiger charge is -2.14. The fourth-order valence-electron chi connectivity index (χ4n) is 0.891. The average molecular weight is 200 g/mol. The Morgan fingerprint density at radius 3 is 2.31 bits per heavy atom. The maximum atomic E-state index is 11.0. The van der Waals surface area contributed by atoms with Gasteiger partial charge in [-0.2, -0.15) is 0 Å². The highest BCUT2D eigenvalue weighted by Crippen LogP contribution is 2.10. The van der Waals surface area contributed by atoms with Gasteiger partial charge in [0.25, 0.3) is 0 Å². The summed E-state index contributed by atoms with van der Waals surface area (Å²) in [5.74, 6) is -0.268. The number of rotatable bonds is 5. The van der Waals surface area contributed by atoms with Crippen LogP contribution in [0, 0.1) is 0 Å². The standard InChI is InChI=1S/C10H20O2Si/c1-9(2)10(11)12-7-6-8-13(3,4)5/h1,6-8H2,2-5H3. The fourth-order valence-corrected chi connectivity index (χ4v) is 2.10. The third-order valence-corrected chi connectivity index (χ3v) is 3.51. The van der Waals surface area contributed by atoms with E-state index in [0.29, 0.717) is 12.2 Å². The van der Waals surface area contributed by atoms with Crippen molar-refractivity contribution in [3.8, 4) is 0 Å². The molecule has 0 aliphatic heterocycles. The molecule has 0 bridgehead atoms. The van der Waals surface area contributed by atoms with Crippen LogP contribution in [0.5, 0.6) is 0 Å². The Morgan fingerprint density at radius 2 is 1.92 bits per heavy atom. The third kappa shape index (κ3) is 7.78. The Labute approximate surface area is 82.0 Å². The number of hydrogen-bond donors (Lipinski definition) is 0. The highest BCUT2D eigenvalue weighted by atomic mass is 28.3. The van der Waals surface area contributed by atoms with E-state index >= 15 is 0 Å². The van der Waals surface area contributed by atoms with Crippen molar-refractivity contribution in [2.45, 2.75) is 39.0 Å². The topological polar surface area (TPSA) is 26.3 Å². The minimum absolute atomic E-state index is 0.268. The monoisotopic (exact) mass is 200 g/mol. The lowest BCUT2D eigenvalue weighted by atomic mass is 10.4. The second-order valence-electron chi connectivity index (χ2n) is 4.58. The maximum Gasteiger partial charge on any atom is 0.333 e. The van der Waals surface area contributed by atoms with E-state index in [2.05, 4.69) is 26.2 Å². The van der Waals surface area contributed by atoms with E-state index in [0.717, 1.165) is 6.42 Å². The summed E-state index contributed by atoms with van der Waals surface area (Å²) in [4.78, 5) is 11.0. The molecule has 0 saturated carbocycles. The molecular weight excluding hydrogens is 180 g/mol. The Balaban J connectivity index is 3.47. The van der Waals surface area contributed by atoms with E-state index in [4.69, 9.17) is 4.74 Å². The molecule has 0 aliphatic carbocycles. The van der Waals surface area contributed by atoms with Gasteiger partial charge in [0.2, 0.25) is 0 Å². The van der Waals surface area contributed by atoms with Crippen molar-refractivity contribution >= 4 is 14.0 Å². The number of esters is 1. The lowest BCUT2D eigenvalue weighted by Crippen LogP contribution is -2.20. The predicted molar refractivity (Wildman–Crippen MR) is 58.5 cm³/mol. The zero-order chi connectivity index (χ0) is 10.5. The van der Waals surface area contributed by atoms with Gasteiger partial charge in [-0.3, -0.25) is 0 Å². The van der Waals surface area contributed by atoms with Gasteiger partial charge in [0.15, 0.2) is 0 Å². The molecule has 0 unspecified atom stereocenters. The zero-order valence-electron chi connectivity index (χ0n) is 9.14. The molecule has 0 amide bonds. The van der Waals surface area contributed by atoms with Gasteiger partial charge in [-0.05, 0) is 13.3 Å². The van der Waals surface area contributed by atoms with Crippen LogP contribution in [0.3, 0.4) is 0 Å². The van der Waals surface area contributed by atoms with Gasteiger partial charge in [-0.25, -0.2) is 4.79 Å². The Kier molecular flexibility index (Phi) is 4.99. The lowest BCUT2D eigenvalue weighted by molar-refractivity contribution is -0.138. The average Bonchev–Trinajstić information content (AvgIpc) is 1.95. The Bertz CT molecular complexity index is 192. The molecule has 3 heteroatoms. The first-order valence-corrected chi connectivity index (χ1v) is 8.36. The smallest absolute Gasteiger partial charge is 0.333 e. The molecule has 2 nitrogen and oxygen atoms in total. The number of carbonyl (C=O) groups excluding carboxylic acids is 1. The van der Waals surface area contributed by atoms with Crippen molar-refractivity contribution in [1.82, 2.24) is 0 Å². The van der Waals surface area contributed by atoms with Crippen LogP contribution in [0.25, 0.3) is 0 Å². The molecule has 13 heavy (non-hydrogen) atoms. The van der Waals surface area contributed by atoms with Gasteiger partial charge in [0.1, 0.15) is 0 Å². The third-order valence-electron chi connectivity index (χ3n) is 1.65. The second-order valence-corrected chi connectivity index (χ2v) is 10.2. The SMILES string of the molecule is C=C(C)C(=O)OCCC[Si](C)(C)C. The van der Waals surface area contributed by atoms with Crippen LogP contribution >= 0.6 is 0 Å². The summed E-state index contributed by atoms with van der Waals surface area (Å²) < 4.78 is 4.98. The van der Waals surface area contributed by atoms with Crippen molar-refractivity contribution in [3.05, 3.63) is 12.2 Å². The molecule has 0 atom stereocenters.